The van der Waals surface area contributed by atoms with E-state index < -0.39 is 0 Å². The van der Waals surface area contributed by atoms with E-state index in [0.717, 1.165) is 0 Å². The van der Waals surface area contributed by atoms with Gasteiger partial charge in [0.05, 0.1) is 6.07 Å². The quantitative estimate of drug-likeness (QED) is 0.260. The van der Waals surface area contributed by atoms with E-state index >= 15 is 0 Å². The molecule has 0 bridgehead atoms. The summed E-state index contributed by atoms with van der Waals surface area (Å²) in [6.07, 6.45) is -0.0694. The van der Waals surface area contributed by atoms with Crippen molar-refractivity contribution in [1.82, 2.24) is 0 Å². The van der Waals surface area contributed by atoms with Gasteiger partial charge in [-0.3, -0.25) is 0 Å². The van der Waals surface area contributed by atoms with E-state index in [1.165, 1.54) is 0 Å². The zero-order chi connectivity index (χ0) is 4.99. The smallest absolute Gasteiger partial charge is 0.875 e. The van der Waals surface area contributed by atoms with Crippen molar-refractivity contribution < 1.29 is 34.7 Å². The molecule has 0 amide bonds. The Hall–Kier alpha value is 0.0300. The fourth-order valence-corrected chi connectivity index (χ4v) is 0.0882. The molecule has 0 unspecified atom stereocenters. The van der Waals surface area contributed by atoms with E-state index in [-0.39, 0.29) is 41.7 Å². The van der Waals surface area contributed by atoms with Crippen LogP contribution in [-0.2, 0) is 0 Å². The first-order valence-electron chi connectivity index (χ1n) is 1.49. The molecule has 0 fully saturated rings. The van der Waals surface area contributed by atoms with E-state index in [1.807, 2.05) is 0 Å². The predicted octanol–water partition coefficient (Wildman–Crippen LogP) is -3.22. The van der Waals surface area contributed by atoms with Crippen LogP contribution in [0.3, 0.4) is 0 Å². The summed E-state index contributed by atoms with van der Waals surface area (Å²) in [5, 5.41) is 17.4. The van der Waals surface area contributed by atoms with E-state index in [4.69, 9.17) is 5.26 Å². The first-order chi connectivity index (χ1) is 2.77. The van der Waals surface area contributed by atoms with Crippen LogP contribution in [0.5, 0.6) is 0 Å². The Balaban J connectivity index is 0. The van der Waals surface area contributed by atoms with Crippen molar-refractivity contribution in [2.24, 2.45) is 0 Å². The van der Waals surface area contributed by atoms with Gasteiger partial charge in [0, 0.05) is 6.42 Å². The molecule has 0 rings (SSSR count). The molecule has 0 heterocycles. The first kappa shape index (κ1) is 10.1. The molecule has 0 aromatic rings. The van der Waals surface area contributed by atoms with Crippen molar-refractivity contribution in [3.8, 4) is 6.07 Å². The number of hydrogen-bond acceptors (Lipinski definition) is 2. The van der Waals surface area contributed by atoms with Gasteiger partial charge in [-0.05, 0) is 0 Å². The number of rotatable bonds is 1. The van der Waals surface area contributed by atoms with Gasteiger partial charge in [-0.1, -0.05) is 0 Å². The van der Waals surface area contributed by atoms with E-state index in [2.05, 4.69) is 6.58 Å². The molecule has 0 aromatic carbocycles. The molecule has 32 valence electrons. The second-order valence-electron chi connectivity index (χ2n) is 0.874. The number of allylic oxidation sites excluding steroid dienone is 1. The number of nitriles is 1. The minimum atomic E-state index is -0.322. The topological polar surface area (TPSA) is 46.8 Å². The molecule has 0 spiro atoms. The minimum Gasteiger partial charge on any atom is -0.875 e. The van der Waals surface area contributed by atoms with Crippen molar-refractivity contribution in [2.45, 2.75) is 6.42 Å². The molecule has 0 saturated heterocycles. The van der Waals surface area contributed by atoms with Crippen LogP contribution in [0.1, 0.15) is 6.42 Å². The van der Waals surface area contributed by atoms with Crippen LogP contribution in [0.4, 0.5) is 0 Å². The molecule has 2 nitrogen and oxygen atoms in total. The zero-order valence-electron chi connectivity index (χ0n) is 4.27. The summed E-state index contributed by atoms with van der Waals surface area (Å²) in [7, 11) is 0. The molecule has 0 radical (unpaired) electrons. The fourth-order valence-electron chi connectivity index (χ4n) is 0.0882. The average Bonchev–Trinajstić information content (AvgIpc) is 1.35. The summed E-state index contributed by atoms with van der Waals surface area (Å²) < 4.78 is 0. The number of hydrogen-bond donors (Lipinski definition) is 0. The SMILES string of the molecule is C=C([O-])CC#N.[Na+]. The monoisotopic (exact) mass is 105 g/mol. The van der Waals surface area contributed by atoms with E-state index in [0.29, 0.717) is 0 Å². The predicted molar refractivity (Wildman–Crippen MR) is 19.4 cm³/mol. The summed E-state index contributed by atoms with van der Waals surface area (Å²) in [6.45, 7) is 2.97. The molecule has 0 atom stereocenters. The van der Waals surface area contributed by atoms with Crippen molar-refractivity contribution in [2.75, 3.05) is 0 Å². The molecular formula is C4H4NNaO. The van der Waals surface area contributed by atoms with Crippen LogP contribution in [-0.4, -0.2) is 0 Å². The van der Waals surface area contributed by atoms with Crippen molar-refractivity contribution in [1.29, 1.82) is 5.26 Å². The van der Waals surface area contributed by atoms with Gasteiger partial charge in [-0.25, -0.2) is 0 Å². The maximum Gasteiger partial charge on any atom is 1.00 e. The minimum absolute atomic E-state index is 0. The van der Waals surface area contributed by atoms with Gasteiger partial charge < -0.3 is 5.11 Å². The Morgan fingerprint density at radius 2 is 2.29 bits per heavy atom. The van der Waals surface area contributed by atoms with Crippen LogP contribution in [0.2, 0.25) is 0 Å². The summed E-state index contributed by atoms with van der Waals surface area (Å²) in [5.41, 5.74) is 0. The van der Waals surface area contributed by atoms with Crippen LogP contribution in [0.25, 0.3) is 0 Å². The Morgan fingerprint density at radius 3 is 2.29 bits per heavy atom. The van der Waals surface area contributed by atoms with Gasteiger partial charge in [0.25, 0.3) is 0 Å². The van der Waals surface area contributed by atoms with Gasteiger partial charge in [0.1, 0.15) is 0 Å². The molecular weight excluding hydrogens is 101 g/mol. The summed E-state index contributed by atoms with van der Waals surface area (Å²) in [4.78, 5) is 0. The van der Waals surface area contributed by atoms with E-state index in [1.54, 1.807) is 6.07 Å². The second kappa shape index (κ2) is 6.03. The summed E-state index contributed by atoms with van der Waals surface area (Å²) in [6, 6.07) is 1.66. The van der Waals surface area contributed by atoms with Gasteiger partial charge in [0.2, 0.25) is 0 Å². The molecule has 0 aromatic heterocycles. The molecule has 3 heteroatoms. The maximum atomic E-state index is 9.71. The van der Waals surface area contributed by atoms with Crippen LogP contribution < -0.4 is 34.7 Å². The Morgan fingerprint density at radius 1 is 1.86 bits per heavy atom. The molecule has 0 N–H and O–H groups in total. The van der Waals surface area contributed by atoms with Gasteiger partial charge >= 0.3 is 29.6 Å². The van der Waals surface area contributed by atoms with Crippen LogP contribution in [0, 0.1) is 11.3 Å². The third-order valence-electron chi connectivity index (χ3n) is 0.276. The summed E-state index contributed by atoms with van der Waals surface area (Å²) >= 11 is 0. The molecule has 0 aliphatic rings. The molecule has 0 aliphatic carbocycles. The zero-order valence-corrected chi connectivity index (χ0v) is 6.27. The summed E-state index contributed by atoms with van der Waals surface area (Å²) in [5.74, 6) is -0.322. The average molecular weight is 105 g/mol. The third kappa shape index (κ3) is 10.7. The van der Waals surface area contributed by atoms with Crippen molar-refractivity contribution in [3.63, 3.8) is 0 Å². The molecule has 0 saturated carbocycles. The van der Waals surface area contributed by atoms with Crippen LogP contribution in [0.15, 0.2) is 12.3 Å². The third-order valence-corrected chi connectivity index (χ3v) is 0.276. The fraction of sp³-hybridized carbons (Fsp3) is 0.250. The van der Waals surface area contributed by atoms with Crippen molar-refractivity contribution in [3.05, 3.63) is 12.3 Å². The van der Waals surface area contributed by atoms with E-state index in [9.17, 15) is 5.11 Å². The normalized spacial score (nSPS) is 5.57. The molecule has 7 heavy (non-hydrogen) atoms. The standard InChI is InChI=1S/C4H5NO.Na/c1-4(6)2-3-5;/h6H,1-2H2;/q;+1/p-1. The second-order valence-corrected chi connectivity index (χ2v) is 0.874. The van der Waals surface area contributed by atoms with Crippen molar-refractivity contribution >= 4 is 0 Å². The Kier molecular flexibility index (Phi) is 8.70. The van der Waals surface area contributed by atoms with Gasteiger partial charge in [-0.2, -0.15) is 5.26 Å². The van der Waals surface area contributed by atoms with Gasteiger partial charge in [-0.15, -0.1) is 12.3 Å². The number of nitrogens with zero attached hydrogens (tertiary/aromatic N) is 1. The van der Waals surface area contributed by atoms with Gasteiger partial charge in [0.15, 0.2) is 0 Å². The first-order valence-corrected chi connectivity index (χ1v) is 1.49. The maximum absolute atomic E-state index is 9.71. The van der Waals surface area contributed by atoms with Crippen LogP contribution >= 0.6 is 0 Å². The largest absolute Gasteiger partial charge is 1.00 e. The Bertz CT molecular complexity index is 94.4. The molecule has 0 aliphatic heterocycles. The Labute approximate surface area is 64.7 Å².